The molecule has 3 nitrogen and oxygen atoms in total. The number of aromatic nitrogens is 1. The Morgan fingerprint density at radius 3 is 3.05 bits per heavy atom. The summed E-state index contributed by atoms with van der Waals surface area (Å²) in [5.41, 5.74) is 0.538. The quantitative estimate of drug-likeness (QED) is 0.587. The molecule has 0 saturated heterocycles. The Bertz CT molecular complexity index is 590. The van der Waals surface area contributed by atoms with Crippen molar-refractivity contribution in [3.8, 4) is 0 Å². The largest absolute Gasteiger partial charge is 0.352 e. The van der Waals surface area contributed by atoms with Crippen LogP contribution in [0.2, 0.25) is 5.02 Å². The van der Waals surface area contributed by atoms with Crippen LogP contribution in [0.25, 0.3) is 0 Å². The maximum atomic E-state index is 12.1. The zero-order chi connectivity index (χ0) is 15.1. The summed E-state index contributed by atoms with van der Waals surface area (Å²) in [6.45, 7) is 0.636. The van der Waals surface area contributed by atoms with E-state index in [2.05, 4.69) is 10.3 Å². The number of hydrogen-bond donors (Lipinski definition) is 1. The van der Waals surface area contributed by atoms with Crippen LogP contribution in [0, 0.1) is 0 Å². The first-order chi connectivity index (χ1) is 10.2. The Labute approximate surface area is 141 Å². The Hall–Kier alpha value is -0.690. The van der Waals surface area contributed by atoms with Gasteiger partial charge in [0.15, 0.2) is 0 Å². The van der Waals surface area contributed by atoms with Crippen molar-refractivity contribution in [2.75, 3.05) is 18.6 Å². The maximum absolute atomic E-state index is 12.1. The number of hydrogen-bond acceptors (Lipinski definition) is 5. The summed E-state index contributed by atoms with van der Waals surface area (Å²) < 4.78 is 1.07. The second-order valence-electron chi connectivity index (χ2n) is 4.10. The molecule has 0 saturated carbocycles. The summed E-state index contributed by atoms with van der Waals surface area (Å²) in [4.78, 5) is 17.3. The Kier molecular flexibility index (Phi) is 6.89. The van der Waals surface area contributed by atoms with Gasteiger partial charge in [-0.3, -0.25) is 4.79 Å². The van der Waals surface area contributed by atoms with Crippen LogP contribution in [0.15, 0.2) is 39.0 Å². The van der Waals surface area contributed by atoms with E-state index in [9.17, 15) is 4.79 Å². The van der Waals surface area contributed by atoms with Gasteiger partial charge in [-0.25, -0.2) is 4.98 Å². The Morgan fingerprint density at radius 1 is 1.48 bits per heavy atom. The van der Waals surface area contributed by atoms with Crippen LogP contribution in [-0.2, 0) is 0 Å². The molecule has 1 heterocycles. The third-order valence-electron chi connectivity index (χ3n) is 2.66. The number of thiazole rings is 1. The third kappa shape index (κ3) is 5.21. The fourth-order valence-electron chi connectivity index (χ4n) is 1.62. The molecule has 0 aliphatic rings. The van der Waals surface area contributed by atoms with Gasteiger partial charge in [-0.2, -0.15) is 0 Å². The minimum absolute atomic E-state index is 0.116. The maximum Gasteiger partial charge on any atom is 0.252 e. The third-order valence-corrected chi connectivity index (χ3v) is 5.77. The van der Waals surface area contributed by atoms with Crippen LogP contribution in [0.1, 0.15) is 16.8 Å². The molecule has 112 valence electrons. The highest BCUT2D eigenvalue weighted by atomic mass is 35.5. The molecule has 7 heteroatoms. The number of thioether (sulfide) groups is 2. The van der Waals surface area contributed by atoms with Crippen LogP contribution in [0.4, 0.5) is 0 Å². The van der Waals surface area contributed by atoms with E-state index in [0.29, 0.717) is 17.1 Å². The molecule has 0 atom stereocenters. The summed E-state index contributed by atoms with van der Waals surface area (Å²) in [5.74, 6) is 0.821. The van der Waals surface area contributed by atoms with Crippen molar-refractivity contribution in [2.24, 2.45) is 0 Å². The normalized spacial score (nSPS) is 10.6. The van der Waals surface area contributed by atoms with Gasteiger partial charge in [-0.15, -0.1) is 23.1 Å². The summed E-state index contributed by atoms with van der Waals surface area (Å²) in [7, 11) is 0. The lowest BCUT2D eigenvalue weighted by Gasteiger charge is -2.07. The molecule has 2 aromatic rings. The van der Waals surface area contributed by atoms with Gasteiger partial charge in [0, 0.05) is 28.8 Å². The number of nitrogens with one attached hydrogen (secondary N) is 1. The van der Waals surface area contributed by atoms with E-state index < -0.39 is 0 Å². The smallest absolute Gasteiger partial charge is 0.252 e. The SMILES string of the molecule is CSc1ccc(Cl)c(C(=O)NCCCSc2nccs2)c1. The monoisotopic (exact) mass is 358 g/mol. The summed E-state index contributed by atoms with van der Waals surface area (Å²) in [6.07, 6.45) is 4.67. The first kappa shape index (κ1) is 16.7. The van der Waals surface area contributed by atoms with Crippen molar-refractivity contribution in [3.63, 3.8) is 0 Å². The van der Waals surface area contributed by atoms with E-state index in [1.165, 1.54) is 0 Å². The number of carbonyl (C=O) groups is 1. The number of benzene rings is 1. The minimum Gasteiger partial charge on any atom is -0.352 e. The lowest BCUT2D eigenvalue weighted by molar-refractivity contribution is 0.0953. The predicted molar refractivity (Wildman–Crippen MR) is 93.0 cm³/mol. The van der Waals surface area contributed by atoms with Gasteiger partial charge >= 0.3 is 0 Å². The molecule has 0 unspecified atom stereocenters. The number of carbonyl (C=O) groups excluding carboxylic acids is 1. The van der Waals surface area contributed by atoms with Gasteiger partial charge in [0.25, 0.3) is 5.91 Å². The lowest BCUT2D eigenvalue weighted by Crippen LogP contribution is -2.25. The van der Waals surface area contributed by atoms with Gasteiger partial charge in [0.05, 0.1) is 10.6 Å². The van der Waals surface area contributed by atoms with Crippen molar-refractivity contribution >= 4 is 52.4 Å². The summed E-state index contributed by atoms with van der Waals surface area (Å²) in [6, 6.07) is 5.50. The number of halogens is 1. The molecule has 0 aliphatic heterocycles. The van der Waals surface area contributed by atoms with Crippen LogP contribution in [-0.4, -0.2) is 29.4 Å². The molecule has 0 fully saturated rings. The van der Waals surface area contributed by atoms with Crippen LogP contribution in [0.5, 0.6) is 0 Å². The molecule has 0 spiro atoms. The fourth-order valence-corrected chi connectivity index (χ4v) is 3.91. The van der Waals surface area contributed by atoms with E-state index >= 15 is 0 Å². The van der Waals surface area contributed by atoms with Gasteiger partial charge in [0.1, 0.15) is 4.34 Å². The van der Waals surface area contributed by atoms with Gasteiger partial charge < -0.3 is 5.32 Å². The van der Waals surface area contributed by atoms with E-state index in [-0.39, 0.29) is 5.91 Å². The Balaban J connectivity index is 1.76. The topological polar surface area (TPSA) is 42.0 Å². The molecule has 0 bridgehead atoms. The lowest BCUT2D eigenvalue weighted by atomic mass is 10.2. The van der Waals surface area contributed by atoms with Gasteiger partial charge in [-0.05, 0) is 30.9 Å². The van der Waals surface area contributed by atoms with Crippen LogP contribution >= 0.6 is 46.5 Å². The summed E-state index contributed by atoms with van der Waals surface area (Å²) >= 11 is 11.0. The van der Waals surface area contributed by atoms with Crippen molar-refractivity contribution in [1.82, 2.24) is 10.3 Å². The first-order valence-electron chi connectivity index (χ1n) is 6.34. The van der Waals surface area contributed by atoms with Crippen LogP contribution in [0.3, 0.4) is 0 Å². The molecule has 1 amide bonds. The second-order valence-corrected chi connectivity index (χ2v) is 7.63. The van der Waals surface area contributed by atoms with Crippen molar-refractivity contribution in [2.45, 2.75) is 15.7 Å². The molecule has 21 heavy (non-hydrogen) atoms. The second kappa shape index (κ2) is 8.68. The summed E-state index contributed by atoms with van der Waals surface area (Å²) in [5, 5.41) is 5.36. The molecule has 0 aliphatic carbocycles. The number of nitrogens with zero attached hydrogens (tertiary/aromatic N) is 1. The molecule has 1 aromatic carbocycles. The minimum atomic E-state index is -0.116. The fraction of sp³-hybridized carbons (Fsp3) is 0.286. The molecule has 0 radical (unpaired) electrons. The van der Waals surface area contributed by atoms with Gasteiger partial charge in [0.2, 0.25) is 0 Å². The molecule has 1 N–H and O–H groups in total. The van der Waals surface area contributed by atoms with E-state index in [4.69, 9.17) is 11.6 Å². The zero-order valence-electron chi connectivity index (χ0n) is 11.5. The Morgan fingerprint density at radius 2 is 2.33 bits per heavy atom. The van der Waals surface area contributed by atoms with Crippen molar-refractivity contribution in [1.29, 1.82) is 0 Å². The van der Waals surface area contributed by atoms with Gasteiger partial charge in [-0.1, -0.05) is 23.4 Å². The molecule has 1 aromatic heterocycles. The predicted octanol–water partition coefficient (Wildman–Crippen LogP) is 4.43. The number of rotatable bonds is 7. The molecule has 2 rings (SSSR count). The van der Waals surface area contributed by atoms with Crippen molar-refractivity contribution < 1.29 is 4.79 Å². The van der Waals surface area contributed by atoms with E-state index in [1.807, 2.05) is 23.8 Å². The molecular weight excluding hydrogens is 344 g/mol. The average Bonchev–Trinajstić information content (AvgIpc) is 3.00. The highest BCUT2D eigenvalue weighted by Crippen LogP contribution is 2.23. The standard InChI is InChI=1S/C14H15ClN2OS3/c1-19-10-3-4-12(15)11(9-10)13(18)16-5-2-7-20-14-17-6-8-21-14/h3-4,6,8-9H,2,5,7H2,1H3,(H,16,18). The van der Waals surface area contributed by atoms with E-state index in [0.717, 1.165) is 21.4 Å². The van der Waals surface area contributed by atoms with Crippen molar-refractivity contribution in [3.05, 3.63) is 40.4 Å². The number of amides is 1. The average molecular weight is 359 g/mol. The zero-order valence-corrected chi connectivity index (χ0v) is 14.7. The first-order valence-corrected chi connectivity index (χ1v) is 9.81. The highest BCUT2D eigenvalue weighted by molar-refractivity contribution is 8.01. The highest BCUT2D eigenvalue weighted by Gasteiger charge is 2.10. The molecular formula is C14H15ClN2OS3. The van der Waals surface area contributed by atoms with E-state index in [1.54, 1.807) is 47.1 Å². The van der Waals surface area contributed by atoms with Crippen LogP contribution < -0.4 is 5.32 Å².